The van der Waals surface area contributed by atoms with Crippen molar-refractivity contribution in [1.82, 2.24) is 4.90 Å². The van der Waals surface area contributed by atoms with E-state index in [0.717, 1.165) is 19.6 Å². The molecule has 0 amide bonds. The first-order valence-electron chi connectivity index (χ1n) is 6.86. The molecule has 0 bridgehead atoms. The SMILES string of the molecule is CN(C)CCCC1OCC(C)(C)c2ccccc21. The predicted molar refractivity (Wildman–Crippen MR) is 75.9 cm³/mol. The Morgan fingerprint density at radius 2 is 2.00 bits per heavy atom. The van der Waals surface area contributed by atoms with E-state index in [2.05, 4.69) is 57.1 Å². The molecule has 1 atom stereocenters. The van der Waals surface area contributed by atoms with Crippen molar-refractivity contribution in [3.63, 3.8) is 0 Å². The molecule has 1 heterocycles. The van der Waals surface area contributed by atoms with Crippen LogP contribution in [0.3, 0.4) is 0 Å². The highest BCUT2D eigenvalue weighted by atomic mass is 16.5. The van der Waals surface area contributed by atoms with Crippen molar-refractivity contribution in [1.29, 1.82) is 0 Å². The van der Waals surface area contributed by atoms with Gasteiger partial charge in [0.1, 0.15) is 0 Å². The summed E-state index contributed by atoms with van der Waals surface area (Å²) in [6.45, 7) is 6.49. The van der Waals surface area contributed by atoms with Gasteiger partial charge in [-0.3, -0.25) is 0 Å². The summed E-state index contributed by atoms with van der Waals surface area (Å²) in [5, 5.41) is 0. The summed E-state index contributed by atoms with van der Waals surface area (Å²) in [4.78, 5) is 2.23. The maximum atomic E-state index is 6.08. The van der Waals surface area contributed by atoms with Gasteiger partial charge in [-0.25, -0.2) is 0 Å². The minimum Gasteiger partial charge on any atom is -0.373 e. The molecule has 0 saturated carbocycles. The number of hydrogen-bond acceptors (Lipinski definition) is 2. The van der Waals surface area contributed by atoms with Crippen LogP contribution in [0.2, 0.25) is 0 Å². The highest BCUT2D eigenvalue weighted by Gasteiger charge is 2.32. The molecule has 2 rings (SSSR count). The first kappa shape index (κ1) is 13.6. The molecular formula is C16H25NO. The molecule has 1 aliphatic heterocycles. The molecule has 0 radical (unpaired) electrons. The van der Waals surface area contributed by atoms with Crippen LogP contribution in [-0.4, -0.2) is 32.1 Å². The topological polar surface area (TPSA) is 12.5 Å². The van der Waals surface area contributed by atoms with Crippen LogP contribution in [0.1, 0.15) is 43.9 Å². The minimum absolute atomic E-state index is 0.147. The van der Waals surface area contributed by atoms with Gasteiger partial charge in [-0.1, -0.05) is 38.1 Å². The highest BCUT2D eigenvalue weighted by molar-refractivity contribution is 5.36. The van der Waals surface area contributed by atoms with Crippen LogP contribution in [0, 0.1) is 0 Å². The van der Waals surface area contributed by atoms with Gasteiger partial charge in [-0.15, -0.1) is 0 Å². The molecule has 1 aromatic carbocycles. The van der Waals surface area contributed by atoms with Crippen LogP contribution >= 0.6 is 0 Å². The standard InChI is InChI=1S/C16H25NO/c1-16(2)12-18-15(10-7-11-17(3)4)13-8-5-6-9-14(13)16/h5-6,8-9,15H,7,10-12H2,1-4H3. The van der Waals surface area contributed by atoms with Crippen LogP contribution in [0.5, 0.6) is 0 Å². The molecule has 0 fully saturated rings. The molecule has 0 spiro atoms. The molecule has 18 heavy (non-hydrogen) atoms. The Bertz CT molecular complexity index is 398. The summed E-state index contributed by atoms with van der Waals surface area (Å²) in [7, 11) is 4.25. The van der Waals surface area contributed by atoms with Gasteiger partial charge >= 0.3 is 0 Å². The second-order valence-corrected chi connectivity index (χ2v) is 6.22. The molecule has 2 heteroatoms. The second kappa shape index (κ2) is 5.41. The Hall–Kier alpha value is -0.860. The summed E-state index contributed by atoms with van der Waals surface area (Å²) in [5.74, 6) is 0. The summed E-state index contributed by atoms with van der Waals surface area (Å²) >= 11 is 0. The van der Waals surface area contributed by atoms with Crippen LogP contribution in [0.4, 0.5) is 0 Å². The van der Waals surface area contributed by atoms with E-state index in [1.165, 1.54) is 17.5 Å². The average Bonchev–Trinajstić information content (AvgIpc) is 2.32. The largest absolute Gasteiger partial charge is 0.373 e. The maximum Gasteiger partial charge on any atom is 0.0828 e. The lowest BCUT2D eigenvalue weighted by atomic mass is 9.78. The van der Waals surface area contributed by atoms with E-state index in [0.29, 0.717) is 0 Å². The molecule has 1 aliphatic rings. The lowest BCUT2D eigenvalue weighted by Crippen LogP contribution is -2.32. The van der Waals surface area contributed by atoms with Gasteiger partial charge in [0.15, 0.2) is 0 Å². The zero-order valence-electron chi connectivity index (χ0n) is 12.1. The van der Waals surface area contributed by atoms with Crippen molar-refractivity contribution in [3.05, 3.63) is 35.4 Å². The van der Waals surface area contributed by atoms with Gasteiger partial charge in [0.2, 0.25) is 0 Å². The molecule has 1 aromatic rings. The van der Waals surface area contributed by atoms with Gasteiger partial charge in [0, 0.05) is 5.41 Å². The summed E-state index contributed by atoms with van der Waals surface area (Å²) < 4.78 is 6.08. The van der Waals surface area contributed by atoms with Gasteiger partial charge < -0.3 is 9.64 Å². The first-order chi connectivity index (χ1) is 8.50. The Labute approximate surface area is 111 Å². The summed E-state index contributed by atoms with van der Waals surface area (Å²) in [6.07, 6.45) is 2.59. The number of ether oxygens (including phenoxy) is 1. The fourth-order valence-electron chi connectivity index (χ4n) is 2.70. The van der Waals surface area contributed by atoms with Crippen LogP contribution in [-0.2, 0) is 10.2 Å². The monoisotopic (exact) mass is 247 g/mol. The van der Waals surface area contributed by atoms with Crippen molar-refractivity contribution in [2.45, 2.75) is 38.2 Å². The Morgan fingerprint density at radius 3 is 2.72 bits per heavy atom. The van der Waals surface area contributed by atoms with Gasteiger partial charge in [0.25, 0.3) is 0 Å². The third kappa shape index (κ3) is 2.93. The maximum absolute atomic E-state index is 6.08. The number of nitrogens with zero attached hydrogens (tertiary/aromatic N) is 1. The van der Waals surface area contributed by atoms with Crippen LogP contribution < -0.4 is 0 Å². The fraction of sp³-hybridized carbons (Fsp3) is 0.625. The van der Waals surface area contributed by atoms with Crippen molar-refractivity contribution >= 4 is 0 Å². The molecule has 0 N–H and O–H groups in total. The summed E-state index contributed by atoms with van der Waals surface area (Å²) in [5.41, 5.74) is 3.01. The summed E-state index contributed by atoms with van der Waals surface area (Å²) in [6, 6.07) is 8.76. The molecule has 0 aromatic heterocycles. The molecule has 0 saturated heterocycles. The zero-order chi connectivity index (χ0) is 13.2. The molecule has 1 unspecified atom stereocenters. The van der Waals surface area contributed by atoms with Crippen molar-refractivity contribution in [2.24, 2.45) is 0 Å². The lowest BCUT2D eigenvalue weighted by Gasteiger charge is -2.37. The van der Waals surface area contributed by atoms with E-state index in [1.54, 1.807) is 0 Å². The molecule has 0 aliphatic carbocycles. The molecule has 100 valence electrons. The number of fused-ring (bicyclic) bond motifs is 1. The number of hydrogen-bond donors (Lipinski definition) is 0. The van der Waals surface area contributed by atoms with Crippen LogP contribution in [0.25, 0.3) is 0 Å². The van der Waals surface area contributed by atoms with Crippen molar-refractivity contribution in [3.8, 4) is 0 Å². The van der Waals surface area contributed by atoms with Crippen molar-refractivity contribution < 1.29 is 4.74 Å². The van der Waals surface area contributed by atoms with Crippen LogP contribution in [0.15, 0.2) is 24.3 Å². The third-order valence-corrected chi connectivity index (χ3v) is 3.75. The Balaban J connectivity index is 2.11. The minimum atomic E-state index is 0.147. The van der Waals surface area contributed by atoms with Gasteiger partial charge in [-0.2, -0.15) is 0 Å². The van der Waals surface area contributed by atoms with Gasteiger partial charge in [0.05, 0.1) is 12.7 Å². The number of benzene rings is 1. The van der Waals surface area contributed by atoms with E-state index < -0.39 is 0 Å². The van der Waals surface area contributed by atoms with E-state index in [4.69, 9.17) is 4.74 Å². The quantitative estimate of drug-likeness (QED) is 0.809. The zero-order valence-corrected chi connectivity index (χ0v) is 12.1. The number of rotatable bonds is 4. The average molecular weight is 247 g/mol. The van der Waals surface area contributed by atoms with E-state index >= 15 is 0 Å². The smallest absolute Gasteiger partial charge is 0.0828 e. The Kier molecular flexibility index (Phi) is 4.08. The third-order valence-electron chi connectivity index (χ3n) is 3.75. The van der Waals surface area contributed by atoms with E-state index in [1.807, 2.05) is 0 Å². The lowest BCUT2D eigenvalue weighted by molar-refractivity contribution is 0.000254. The fourth-order valence-corrected chi connectivity index (χ4v) is 2.70. The predicted octanol–water partition coefficient (Wildman–Crippen LogP) is 3.38. The molecule has 2 nitrogen and oxygen atoms in total. The second-order valence-electron chi connectivity index (χ2n) is 6.22. The van der Waals surface area contributed by atoms with E-state index in [9.17, 15) is 0 Å². The molecular weight excluding hydrogens is 222 g/mol. The van der Waals surface area contributed by atoms with E-state index in [-0.39, 0.29) is 11.5 Å². The first-order valence-corrected chi connectivity index (χ1v) is 6.86. The normalized spacial score (nSPS) is 21.9. The Morgan fingerprint density at radius 1 is 1.28 bits per heavy atom. The van der Waals surface area contributed by atoms with Gasteiger partial charge in [-0.05, 0) is 44.6 Å². The highest BCUT2D eigenvalue weighted by Crippen LogP contribution is 2.39. The van der Waals surface area contributed by atoms with Crippen molar-refractivity contribution in [2.75, 3.05) is 27.2 Å².